The number of thiazole rings is 1. The third kappa shape index (κ3) is 2.77. The highest BCUT2D eigenvalue weighted by Crippen LogP contribution is 2.21. The Labute approximate surface area is 95.1 Å². The van der Waals surface area contributed by atoms with E-state index in [2.05, 4.69) is 16.8 Å². The highest BCUT2D eigenvalue weighted by atomic mass is 32.1. The van der Waals surface area contributed by atoms with Gasteiger partial charge in [0.1, 0.15) is 0 Å². The van der Waals surface area contributed by atoms with Crippen LogP contribution in [0, 0.1) is 5.92 Å². The van der Waals surface area contributed by atoms with Crippen molar-refractivity contribution >= 4 is 11.3 Å². The van der Waals surface area contributed by atoms with Gasteiger partial charge in [-0.05, 0) is 18.9 Å². The standard InChI is InChI=1S/C11H18N2OS/c1-9-3-4-13(7-11(9)14-2)6-10-5-12-8-15-10/h5,8-9,11H,3-4,6-7H2,1-2H3. The highest BCUT2D eigenvalue weighted by molar-refractivity contribution is 7.09. The fourth-order valence-corrected chi connectivity index (χ4v) is 2.72. The van der Waals surface area contributed by atoms with Crippen molar-refractivity contribution in [1.29, 1.82) is 0 Å². The molecular formula is C11H18N2OS. The van der Waals surface area contributed by atoms with Gasteiger partial charge in [0.25, 0.3) is 0 Å². The molecule has 2 heterocycles. The second-order valence-corrected chi connectivity index (χ2v) is 5.21. The van der Waals surface area contributed by atoms with Crippen LogP contribution in [-0.2, 0) is 11.3 Å². The molecule has 2 unspecified atom stereocenters. The van der Waals surface area contributed by atoms with Gasteiger partial charge in [0, 0.05) is 31.3 Å². The summed E-state index contributed by atoms with van der Waals surface area (Å²) in [5, 5.41) is 0. The van der Waals surface area contributed by atoms with E-state index in [1.165, 1.54) is 17.8 Å². The summed E-state index contributed by atoms with van der Waals surface area (Å²) in [6.07, 6.45) is 3.59. The number of aromatic nitrogens is 1. The van der Waals surface area contributed by atoms with Gasteiger partial charge in [0.2, 0.25) is 0 Å². The van der Waals surface area contributed by atoms with Gasteiger partial charge in [0.15, 0.2) is 0 Å². The van der Waals surface area contributed by atoms with Crippen molar-refractivity contribution in [2.75, 3.05) is 20.2 Å². The monoisotopic (exact) mass is 226 g/mol. The molecule has 4 heteroatoms. The van der Waals surface area contributed by atoms with Crippen molar-refractivity contribution in [2.24, 2.45) is 5.92 Å². The first-order valence-electron chi connectivity index (χ1n) is 5.42. The summed E-state index contributed by atoms with van der Waals surface area (Å²) in [7, 11) is 1.82. The van der Waals surface area contributed by atoms with Gasteiger partial charge in [-0.25, -0.2) is 0 Å². The summed E-state index contributed by atoms with van der Waals surface area (Å²) in [4.78, 5) is 7.91. The second kappa shape index (κ2) is 5.05. The molecule has 15 heavy (non-hydrogen) atoms. The molecule has 0 amide bonds. The molecule has 0 aromatic carbocycles. The van der Waals surface area contributed by atoms with E-state index < -0.39 is 0 Å². The Morgan fingerprint density at radius 1 is 1.67 bits per heavy atom. The lowest BCUT2D eigenvalue weighted by Gasteiger charge is -2.35. The van der Waals surface area contributed by atoms with E-state index in [9.17, 15) is 0 Å². The van der Waals surface area contributed by atoms with Gasteiger partial charge in [-0.15, -0.1) is 11.3 Å². The van der Waals surface area contributed by atoms with Crippen LogP contribution < -0.4 is 0 Å². The van der Waals surface area contributed by atoms with E-state index in [-0.39, 0.29) is 0 Å². The highest BCUT2D eigenvalue weighted by Gasteiger charge is 2.25. The van der Waals surface area contributed by atoms with E-state index in [4.69, 9.17) is 4.74 Å². The molecule has 0 radical (unpaired) electrons. The molecule has 0 N–H and O–H groups in total. The molecule has 0 aliphatic carbocycles. The minimum Gasteiger partial charge on any atom is -0.380 e. The Balaban J connectivity index is 1.89. The van der Waals surface area contributed by atoms with Gasteiger partial charge in [-0.1, -0.05) is 6.92 Å². The fourth-order valence-electron chi connectivity index (χ4n) is 2.09. The maximum atomic E-state index is 5.50. The zero-order valence-electron chi connectivity index (χ0n) is 9.35. The Bertz CT molecular complexity index is 289. The molecule has 2 rings (SSSR count). The summed E-state index contributed by atoms with van der Waals surface area (Å²) >= 11 is 1.73. The third-order valence-electron chi connectivity index (χ3n) is 3.14. The minimum atomic E-state index is 0.395. The Morgan fingerprint density at radius 3 is 3.20 bits per heavy atom. The minimum absolute atomic E-state index is 0.395. The number of rotatable bonds is 3. The maximum Gasteiger partial charge on any atom is 0.0794 e. The third-order valence-corrected chi connectivity index (χ3v) is 3.90. The Morgan fingerprint density at radius 2 is 2.53 bits per heavy atom. The molecule has 2 atom stereocenters. The Kier molecular flexibility index (Phi) is 3.72. The molecule has 0 spiro atoms. The lowest BCUT2D eigenvalue weighted by Crippen LogP contribution is -2.43. The van der Waals surface area contributed by atoms with Crippen LogP contribution in [0.2, 0.25) is 0 Å². The van der Waals surface area contributed by atoms with Crippen molar-refractivity contribution in [3.05, 3.63) is 16.6 Å². The first-order valence-corrected chi connectivity index (χ1v) is 6.30. The smallest absolute Gasteiger partial charge is 0.0794 e. The molecule has 1 aliphatic heterocycles. The second-order valence-electron chi connectivity index (χ2n) is 4.24. The average molecular weight is 226 g/mol. The van der Waals surface area contributed by atoms with Crippen molar-refractivity contribution in [3.63, 3.8) is 0 Å². The molecule has 1 aliphatic rings. The number of hydrogen-bond donors (Lipinski definition) is 0. The van der Waals surface area contributed by atoms with Crippen LogP contribution in [0.3, 0.4) is 0 Å². The van der Waals surface area contributed by atoms with E-state index in [0.717, 1.165) is 13.1 Å². The first-order chi connectivity index (χ1) is 7.29. The molecule has 1 fully saturated rings. The van der Waals surface area contributed by atoms with Crippen LogP contribution >= 0.6 is 11.3 Å². The van der Waals surface area contributed by atoms with Crippen LogP contribution in [0.4, 0.5) is 0 Å². The number of likely N-dealkylation sites (tertiary alicyclic amines) is 1. The number of nitrogens with zero attached hydrogens (tertiary/aromatic N) is 2. The topological polar surface area (TPSA) is 25.4 Å². The first kappa shape index (κ1) is 11.0. The summed E-state index contributed by atoms with van der Waals surface area (Å²) in [5.41, 5.74) is 1.90. The summed E-state index contributed by atoms with van der Waals surface area (Å²) in [6, 6.07) is 0. The van der Waals surface area contributed by atoms with E-state index in [1.807, 2.05) is 18.8 Å². The van der Waals surface area contributed by atoms with Gasteiger partial charge >= 0.3 is 0 Å². The Hall–Kier alpha value is -0.450. The fraction of sp³-hybridized carbons (Fsp3) is 0.727. The zero-order valence-corrected chi connectivity index (χ0v) is 10.2. The van der Waals surface area contributed by atoms with Gasteiger partial charge < -0.3 is 4.74 Å². The van der Waals surface area contributed by atoms with Gasteiger partial charge in [-0.3, -0.25) is 9.88 Å². The van der Waals surface area contributed by atoms with Crippen LogP contribution in [0.1, 0.15) is 18.2 Å². The SMILES string of the molecule is COC1CN(Cc2cncs2)CCC1C. The number of hydrogen-bond acceptors (Lipinski definition) is 4. The largest absolute Gasteiger partial charge is 0.380 e. The molecule has 84 valence electrons. The maximum absolute atomic E-state index is 5.50. The van der Waals surface area contributed by atoms with Gasteiger partial charge in [0.05, 0.1) is 11.6 Å². The molecule has 1 saturated heterocycles. The summed E-state index contributed by atoms with van der Waals surface area (Å²) in [5.74, 6) is 0.688. The van der Waals surface area contributed by atoms with E-state index >= 15 is 0 Å². The molecule has 1 aromatic rings. The molecule has 0 bridgehead atoms. The van der Waals surface area contributed by atoms with Crippen LogP contribution in [-0.4, -0.2) is 36.2 Å². The summed E-state index contributed by atoms with van der Waals surface area (Å²) in [6.45, 7) is 5.53. The lowest BCUT2D eigenvalue weighted by atomic mass is 9.96. The lowest BCUT2D eigenvalue weighted by molar-refractivity contribution is -0.00717. The van der Waals surface area contributed by atoms with Crippen molar-refractivity contribution in [1.82, 2.24) is 9.88 Å². The number of piperidine rings is 1. The number of methoxy groups -OCH3 is 1. The average Bonchev–Trinajstić information content (AvgIpc) is 2.73. The van der Waals surface area contributed by atoms with Crippen LogP contribution in [0.25, 0.3) is 0 Å². The normalized spacial score (nSPS) is 28.1. The van der Waals surface area contributed by atoms with Gasteiger partial charge in [-0.2, -0.15) is 0 Å². The quantitative estimate of drug-likeness (QED) is 0.788. The molecule has 0 saturated carbocycles. The summed E-state index contributed by atoms with van der Waals surface area (Å²) < 4.78 is 5.50. The van der Waals surface area contributed by atoms with Crippen molar-refractivity contribution in [2.45, 2.75) is 26.0 Å². The molecule has 3 nitrogen and oxygen atoms in total. The number of ether oxygens (including phenoxy) is 1. The zero-order chi connectivity index (χ0) is 10.7. The molecule has 1 aromatic heterocycles. The van der Waals surface area contributed by atoms with Crippen LogP contribution in [0.15, 0.2) is 11.7 Å². The van der Waals surface area contributed by atoms with E-state index in [1.54, 1.807) is 11.3 Å². The van der Waals surface area contributed by atoms with E-state index in [0.29, 0.717) is 12.0 Å². The van der Waals surface area contributed by atoms with Crippen molar-refractivity contribution in [3.8, 4) is 0 Å². The molecular weight excluding hydrogens is 208 g/mol. The van der Waals surface area contributed by atoms with Crippen molar-refractivity contribution < 1.29 is 4.74 Å². The predicted molar refractivity (Wildman–Crippen MR) is 62.0 cm³/mol. The predicted octanol–water partition coefficient (Wildman–Crippen LogP) is 2.00. The van der Waals surface area contributed by atoms with Crippen LogP contribution in [0.5, 0.6) is 0 Å².